The average molecular weight is 393 g/mol. The Kier molecular flexibility index (Phi) is 4.55. The molecule has 1 saturated heterocycles. The number of amides is 1. The summed E-state index contributed by atoms with van der Waals surface area (Å²) in [5.74, 6) is 2.84. The minimum atomic E-state index is -0.236. The predicted octanol–water partition coefficient (Wildman–Crippen LogP) is 2.44. The fraction of sp³-hybridized carbons (Fsp3) is 0.381. The summed E-state index contributed by atoms with van der Waals surface area (Å²) in [4.78, 5) is 15.2. The van der Waals surface area contributed by atoms with Crippen LogP contribution in [0, 0.1) is 11.8 Å². The molecule has 2 aromatic heterocycles. The zero-order chi connectivity index (χ0) is 19.8. The van der Waals surface area contributed by atoms with E-state index < -0.39 is 0 Å². The minimum Gasteiger partial charge on any atom is -0.497 e. The number of ether oxygens (including phenoxy) is 1. The molecule has 150 valence electrons. The number of anilines is 1. The molecule has 0 saturated carbocycles. The van der Waals surface area contributed by atoms with Gasteiger partial charge in [0.15, 0.2) is 0 Å². The van der Waals surface area contributed by atoms with Crippen LogP contribution in [0.25, 0.3) is 0 Å². The van der Waals surface area contributed by atoms with Gasteiger partial charge in [0.05, 0.1) is 19.6 Å². The van der Waals surface area contributed by atoms with Crippen molar-refractivity contribution in [2.75, 3.05) is 25.5 Å². The number of rotatable bonds is 5. The predicted molar refractivity (Wildman–Crippen MR) is 106 cm³/mol. The molecule has 3 aromatic rings. The highest BCUT2D eigenvalue weighted by Gasteiger charge is 2.39. The number of likely N-dealkylation sites (tertiary alicyclic amines) is 1. The lowest BCUT2D eigenvalue weighted by atomic mass is 9.89. The van der Waals surface area contributed by atoms with Crippen molar-refractivity contribution >= 4 is 11.6 Å². The molecule has 29 heavy (non-hydrogen) atoms. The van der Waals surface area contributed by atoms with Crippen molar-refractivity contribution in [1.29, 1.82) is 0 Å². The number of hydrogen-bond donors (Lipinski definition) is 1. The van der Waals surface area contributed by atoms with Crippen LogP contribution in [0.4, 0.5) is 5.69 Å². The number of nitrogens with zero attached hydrogens (tertiary/aromatic N) is 4. The maximum Gasteiger partial charge on any atom is 0.293 e. The number of hydrogen-bond acceptors (Lipinski definition) is 6. The first-order valence-corrected chi connectivity index (χ1v) is 9.80. The summed E-state index contributed by atoms with van der Waals surface area (Å²) in [6, 6.07) is 9.26. The van der Waals surface area contributed by atoms with Crippen molar-refractivity contribution < 1.29 is 13.9 Å². The van der Waals surface area contributed by atoms with Gasteiger partial charge >= 0.3 is 0 Å². The van der Waals surface area contributed by atoms with E-state index in [1.54, 1.807) is 19.6 Å². The Labute approximate surface area is 168 Å². The van der Waals surface area contributed by atoms with E-state index in [-0.39, 0.29) is 5.91 Å². The molecule has 0 aliphatic carbocycles. The van der Waals surface area contributed by atoms with Gasteiger partial charge < -0.3 is 19.0 Å². The van der Waals surface area contributed by atoms with Crippen molar-refractivity contribution in [1.82, 2.24) is 19.7 Å². The third-order valence-corrected chi connectivity index (χ3v) is 5.88. The molecule has 0 unspecified atom stereocenters. The van der Waals surface area contributed by atoms with Gasteiger partial charge in [-0.1, -0.05) is 0 Å². The topological polar surface area (TPSA) is 85.4 Å². The Bertz CT molecular complexity index is 996. The highest BCUT2D eigenvalue weighted by molar-refractivity contribution is 6.01. The number of aromatic nitrogens is 3. The van der Waals surface area contributed by atoms with Gasteiger partial charge in [0.2, 0.25) is 5.82 Å². The standard InChI is InChI=1S/C21H23N5O3/c1-28-18-4-2-17(3-5-18)22-21(27)20-24-23-19-8-15-10-25(9-14-6-7-29-13-14)11-16(15)12-26(19)20/h2-7,13,15-16H,8-12H2,1H3,(H,22,27)/t15-,16-/m0/s1. The Balaban J connectivity index is 1.27. The minimum absolute atomic E-state index is 0.236. The number of fused-ring (bicyclic) bond motifs is 2. The number of carbonyl (C=O) groups is 1. The van der Waals surface area contributed by atoms with Crippen LogP contribution in [-0.2, 0) is 19.5 Å². The normalized spacial score (nSPS) is 20.9. The van der Waals surface area contributed by atoms with E-state index in [1.165, 1.54) is 5.56 Å². The Morgan fingerprint density at radius 3 is 2.76 bits per heavy atom. The molecule has 5 rings (SSSR count). The molecule has 2 aliphatic rings. The van der Waals surface area contributed by atoms with Crippen LogP contribution in [0.2, 0.25) is 0 Å². The summed E-state index contributed by atoms with van der Waals surface area (Å²) in [6.45, 7) is 3.72. The Morgan fingerprint density at radius 2 is 2.00 bits per heavy atom. The number of furan rings is 1. The fourth-order valence-electron chi connectivity index (χ4n) is 4.42. The first kappa shape index (κ1) is 17.9. The molecule has 1 fully saturated rings. The number of methoxy groups -OCH3 is 1. The van der Waals surface area contributed by atoms with Crippen LogP contribution >= 0.6 is 0 Å². The van der Waals surface area contributed by atoms with E-state index >= 15 is 0 Å². The van der Waals surface area contributed by atoms with E-state index in [9.17, 15) is 4.79 Å². The first-order chi connectivity index (χ1) is 14.2. The van der Waals surface area contributed by atoms with E-state index in [4.69, 9.17) is 9.15 Å². The van der Waals surface area contributed by atoms with E-state index in [0.29, 0.717) is 23.3 Å². The van der Waals surface area contributed by atoms with Gasteiger partial charge in [0, 0.05) is 43.9 Å². The summed E-state index contributed by atoms with van der Waals surface area (Å²) in [5, 5.41) is 11.4. The van der Waals surface area contributed by atoms with Crippen LogP contribution in [0.5, 0.6) is 5.75 Å². The van der Waals surface area contributed by atoms with E-state index in [2.05, 4.69) is 20.4 Å². The van der Waals surface area contributed by atoms with E-state index in [1.807, 2.05) is 34.9 Å². The third-order valence-electron chi connectivity index (χ3n) is 5.88. The van der Waals surface area contributed by atoms with Crippen LogP contribution in [0.1, 0.15) is 22.0 Å². The van der Waals surface area contributed by atoms with Gasteiger partial charge in [-0.15, -0.1) is 10.2 Å². The number of benzene rings is 1. The van der Waals surface area contributed by atoms with Gasteiger partial charge in [-0.25, -0.2) is 0 Å². The highest BCUT2D eigenvalue weighted by Crippen LogP contribution is 2.33. The zero-order valence-electron chi connectivity index (χ0n) is 16.2. The summed E-state index contributed by atoms with van der Waals surface area (Å²) >= 11 is 0. The number of carbonyl (C=O) groups excluding carboxylic acids is 1. The van der Waals surface area contributed by atoms with Gasteiger partial charge in [0.1, 0.15) is 11.6 Å². The fourth-order valence-corrected chi connectivity index (χ4v) is 4.42. The maximum atomic E-state index is 12.8. The molecule has 8 nitrogen and oxygen atoms in total. The quantitative estimate of drug-likeness (QED) is 0.717. The van der Waals surface area contributed by atoms with Crippen LogP contribution < -0.4 is 10.1 Å². The second kappa shape index (κ2) is 7.36. The highest BCUT2D eigenvalue weighted by atomic mass is 16.5. The van der Waals surface area contributed by atoms with Gasteiger partial charge in [-0.05, 0) is 42.2 Å². The lowest BCUT2D eigenvalue weighted by molar-refractivity contribution is 0.100. The summed E-state index contributed by atoms with van der Waals surface area (Å²) < 4.78 is 12.3. The van der Waals surface area contributed by atoms with Gasteiger partial charge in [-0.3, -0.25) is 9.69 Å². The molecule has 2 atom stereocenters. The maximum absolute atomic E-state index is 12.8. The molecule has 4 heterocycles. The Hall–Kier alpha value is -3.13. The second-order valence-electron chi connectivity index (χ2n) is 7.78. The van der Waals surface area contributed by atoms with Crippen molar-refractivity contribution in [3.8, 4) is 5.75 Å². The summed E-state index contributed by atoms with van der Waals surface area (Å²) in [6.07, 6.45) is 4.38. The van der Waals surface area contributed by atoms with Crippen LogP contribution in [-0.4, -0.2) is 45.8 Å². The first-order valence-electron chi connectivity index (χ1n) is 9.80. The van der Waals surface area contributed by atoms with Crippen molar-refractivity contribution in [2.24, 2.45) is 11.8 Å². The zero-order valence-corrected chi connectivity index (χ0v) is 16.2. The average Bonchev–Trinajstić information content (AvgIpc) is 3.46. The lowest BCUT2D eigenvalue weighted by Gasteiger charge is -2.25. The number of nitrogens with one attached hydrogen (secondary N) is 1. The molecule has 0 spiro atoms. The van der Waals surface area contributed by atoms with Crippen LogP contribution in [0.3, 0.4) is 0 Å². The summed E-state index contributed by atoms with van der Waals surface area (Å²) in [5.41, 5.74) is 1.90. The van der Waals surface area contributed by atoms with Crippen molar-refractivity contribution in [3.63, 3.8) is 0 Å². The van der Waals surface area contributed by atoms with E-state index in [0.717, 1.165) is 44.2 Å². The lowest BCUT2D eigenvalue weighted by Crippen LogP contribution is -2.31. The monoisotopic (exact) mass is 393 g/mol. The molecular formula is C21H23N5O3. The van der Waals surface area contributed by atoms with Crippen molar-refractivity contribution in [2.45, 2.75) is 19.5 Å². The molecule has 1 N–H and O–H groups in total. The molecular weight excluding hydrogens is 370 g/mol. The molecule has 8 heteroatoms. The molecule has 2 aliphatic heterocycles. The Morgan fingerprint density at radius 1 is 1.17 bits per heavy atom. The van der Waals surface area contributed by atoms with Gasteiger partial charge in [0.25, 0.3) is 5.91 Å². The molecule has 1 amide bonds. The summed E-state index contributed by atoms with van der Waals surface area (Å²) in [7, 11) is 1.61. The molecule has 1 aromatic carbocycles. The SMILES string of the molecule is COc1ccc(NC(=O)c2nnc3n2C[C@@H]2CN(Cc4ccoc4)C[C@@H]2C3)cc1. The third kappa shape index (κ3) is 3.51. The molecule has 0 radical (unpaired) electrons. The van der Waals surface area contributed by atoms with Gasteiger partial charge in [-0.2, -0.15) is 0 Å². The second-order valence-corrected chi connectivity index (χ2v) is 7.78. The van der Waals surface area contributed by atoms with Crippen LogP contribution in [0.15, 0.2) is 47.3 Å². The van der Waals surface area contributed by atoms with Crippen molar-refractivity contribution in [3.05, 3.63) is 60.1 Å². The largest absolute Gasteiger partial charge is 0.497 e. The molecule has 0 bridgehead atoms. The smallest absolute Gasteiger partial charge is 0.293 e.